The number of carbonyl (C=O) groups excluding carboxylic acids is 1. The van der Waals surface area contributed by atoms with Gasteiger partial charge in [0.05, 0.1) is 0 Å². The minimum atomic E-state index is -0.150. The second-order valence-electron chi connectivity index (χ2n) is 2.38. The molecule has 0 atom stereocenters. The van der Waals surface area contributed by atoms with E-state index in [0.717, 1.165) is 19.4 Å². The molecule has 0 aromatic rings. The molecule has 2 fully saturated rings. The van der Waals surface area contributed by atoms with Crippen molar-refractivity contribution in [1.82, 2.24) is 4.90 Å². The van der Waals surface area contributed by atoms with E-state index in [2.05, 4.69) is 0 Å². The summed E-state index contributed by atoms with van der Waals surface area (Å²) >= 11 is 0. The molecule has 2 heterocycles. The molecule has 2 aliphatic heterocycles. The van der Waals surface area contributed by atoms with E-state index < -0.39 is 0 Å². The van der Waals surface area contributed by atoms with Crippen LogP contribution in [0.1, 0.15) is 12.8 Å². The fourth-order valence-corrected chi connectivity index (χ4v) is 1.33. The quantitative estimate of drug-likeness (QED) is 0.479. The first-order chi connectivity index (χ1) is 4.38. The second-order valence-corrected chi connectivity index (χ2v) is 2.38. The van der Waals surface area contributed by atoms with Crippen LogP contribution >= 0.6 is 0 Å². The van der Waals surface area contributed by atoms with Crippen LogP contribution in [0, 0.1) is 6.04 Å². The van der Waals surface area contributed by atoms with E-state index in [1.807, 2.05) is 0 Å². The molecule has 1 radical (unpaired) electrons. The van der Waals surface area contributed by atoms with Gasteiger partial charge in [-0.05, 0) is 12.8 Å². The van der Waals surface area contributed by atoms with E-state index >= 15 is 0 Å². The van der Waals surface area contributed by atoms with Crippen molar-refractivity contribution in [3.05, 3.63) is 6.04 Å². The summed E-state index contributed by atoms with van der Waals surface area (Å²) in [6.07, 6.45) is 2.01. The van der Waals surface area contributed by atoms with Gasteiger partial charge in [0.1, 0.15) is 12.6 Å². The monoisotopic (exact) mass is 126 g/mol. The minimum absolute atomic E-state index is 0.150. The lowest BCUT2D eigenvalue weighted by Gasteiger charge is -2.07. The van der Waals surface area contributed by atoms with Gasteiger partial charge in [0.25, 0.3) is 0 Å². The summed E-state index contributed by atoms with van der Waals surface area (Å²) in [5.41, 5.74) is 0. The minimum Gasteiger partial charge on any atom is -0.447 e. The number of hydrogen-bond acceptors (Lipinski definition) is 2. The van der Waals surface area contributed by atoms with E-state index in [1.54, 1.807) is 4.90 Å². The number of hydrogen-bond donors (Lipinski definition) is 0. The summed E-state index contributed by atoms with van der Waals surface area (Å²) in [6.45, 7) is 1.41. The van der Waals surface area contributed by atoms with E-state index in [-0.39, 0.29) is 6.09 Å². The first-order valence-electron chi connectivity index (χ1n) is 3.17. The van der Waals surface area contributed by atoms with Gasteiger partial charge < -0.3 is 4.74 Å². The third kappa shape index (κ3) is 0.605. The molecule has 0 spiro atoms. The number of nitrogens with zero attached hydrogens (tertiary/aromatic N) is 1. The van der Waals surface area contributed by atoms with Crippen LogP contribution in [0.3, 0.4) is 0 Å². The Hall–Kier alpha value is -0.730. The summed E-state index contributed by atoms with van der Waals surface area (Å²) in [7, 11) is 0. The Labute approximate surface area is 53.6 Å². The van der Waals surface area contributed by atoms with Gasteiger partial charge in [0, 0.05) is 6.54 Å². The Bertz CT molecular complexity index is 146. The Morgan fingerprint density at radius 1 is 1.56 bits per heavy atom. The lowest BCUT2D eigenvalue weighted by molar-refractivity contribution is 0.159. The summed E-state index contributed by atoms with van der Waals surface area (Å²) in [5, 5.41) is 0. The lowest BCUT2D eigenvalue weighted by atomic mass is 10.2. The molecule has 0 N–H and O–H groups in total. The maximum atomic E-state index is 10.7. The number of ether oxygens (including phenoxy) is 1. The van der Waals surface area contributed by atoms with Crippen LogP contribution in [0.5, 0.6) is 0 Å². The summed E-state index contributed by atoms with van der Waals surface area (Å²) in [5.74, 6) is 0. The highest BCUT2D eigenvalue weighted by atomic mass is 16.6. The SMILES string of the molecule is O=C1OC[C]2CCCN21. The largest absolute Gasteiger partial charge is 0.447 e. The zero-order chi connectivity index (χ0) is 6.27. The fraction of sp³-hybridized carbons (Fsp3) is 0.667. The highest BCUT2D eigenvalue weighted by molar-refractivity contribution is 5.72. The predicted octanol–water partition coefficient (Wildman–Crippen LogP) is 0.764. The number of fused-ring (bicyclic) bond motifs is 1. The molecule has 3 nitrogen and oxygen atoms in total. The van der Waals surface area contributed by atoms with E-state index in [1.165, 1.54) is 6.04 Å². The van der Waals surface area contributed by atoms with Crippen LogP contribution in [0.15, 0.2) is 0 Å². The van der Waals surface area contributed by atoms with Crippen LogP contribution < -0.4 is 0 Å². The summed E-state index contributed by atoms with van der Waals surface area (Å²) in [4.78, 5) is 12.5. The Morgan fingerprint density at radius 3 is 3.22 bits per heavy atom. The van der Waals surface area contributed by atoms with Gasteiger partial charge in [-0.2, -0.15) is 0 Å². The highest BCUT2D eigenvalue weighted by Gasteiger charge is 2.37. The van der Waals surface area contributed by atoms with Crippen molar-refractivity contribution >= 4 is 6.09 Å². The molecule has 3 heteroatoms. The molecule has 2 rings (SSSR count). The molecule has 0 aliphatic carbocycles. The van der Waals surface area contributed by atoms with Crippen LogP contribution in [0.2, 0.25) is 0 Å². The third-order valence-electron chi connectivity index (χ3n) is 1.81. The molecule has 0 aromatic heterocycles. The normalized spacial score (nSPS) is 26.7. The van der Waals surface area contributed by atoms with Gasteiger partial charge >= 0.3 is 6.09 Å². The average Bonchev–Trinajstić information content (AvgIpc) is 2.35. The molecule has 2 aliphatic rings. The maximum Gasteiger partial charge on any atom is 0.410 e. The molecule has 0 aromatic carbocycles. The van der Waals surface area contributed by atoms with Gasteiger partial charge in [-0.25, -0.2) is 4.79 Å². The van der Waals surface area contributed by atoms with Crippen LogP contribution in [0.25, 0.3) is 0 Å². The lowest BCUT2D eigenvalue weighted by Crippen LogP contribution is -2.21. The van der Waals surface area contributed by atoms with Crippen molar-refractivity contribution in [2.45, 2.75) is 12.8 Å². The molecule has 0 bridgehead atoms. The van der Waals surface area contributed by atoms with Gasteiger partial charge in [-0.3, -0.25) is 4.90 Å². The smallest absolute Gasteiger partial charge is 0.410 e. The Morgan fingerprint density at radius 2 is 2.44 bits per heavy atom. The van der Waals surface area contributed by atoms with Crippen molar-refractivity contribution in [2.75, 3.05) is 13.2 Å². The molecule has 49 valence electrons. The predicted molar refractivity (Wildman–Crippen MR) is 30.5 cm³/mol. The van der Waals surface area contributed by atoms with Crippen molar-refractivity contribution in [3.63, 3.8) is 0 Å². The maximum absolute atomic E-state index is 10.7. The number of amides is 1. The molecule has 1 amide bonds. The summed E-state index contributed by atoms with van der Waals surface area (Å²) in [6, 6.07) is 1.17. The second kappa shape index (κ2) is 1.62. The Kier molecular flexibility index (Phi) is 0.917. The first kappa shape index (κ1) is 5.09. The summed E-state index contributed by atoms with van der Waals surface area (Å²) < 4.78 is 4.77. The van der Waals surface area contributed by atoms with Gasteiger partial charge in [-0.15, -0.1) is 0 Å². The number of carbonyl (C=O) groups is 1. The van der Waals surface area contributed by atoms with Crippen LogP contribution in [-0.2, 0) is 4.74 Å². The molecule has 2 saturated heterocycles. The van der Waals surface area contributed by atoms with Crippen molar-refractivity contribution in [3.8, 4) is 0 Å². The topological polar surface area (TPSA) is 29.5 Å². The molecule has 9 heavy (non-hydrogen) atoms. The number of rotatable bonds is 0. The Balaban J connectivity index is 2.15. The van der Waals surface area contributed by atoms with Gasteiger partial charge in [-0.1, -0.05) is 0 Å². The molecular formula is C6H8NO2. The standard InChI is InChI=1S/C6H8NO2/c8-6-7-3-1-2-5(7)4-9-6/h1-4H2. The van der Waals surface area contributed by atoms with Gasteiger partial charge in [0.15, 0.2) is 0 Å². The average molecular weight is 126 g/mol. The zero-order valence-corrected chi connectivity index (χ0v) is 5.09. The van der Waals surface area contributed by atoms with E-state index in [0.29, 0.717) is 6.61 Å². The van der Waals surface area contributed by atoms with Crippen LogP contribution in [-0.4, -0.2) is 24.1 Å². The molecular weight excluding hydrogens is 118 g/mol. The van der Waals surface area contributed by atoms with Crippen molar-refractivity contribution < 1.29 is 9.53 Å². The third-order valence-corrected chi connectivity index (χ3v) is 1.81. The molecule has 0 saturated carbocycles. The molecule has 0 unspecified atom stereocenters. The zero-order valence-electron chi connectivity index (χ0n) is 5.09. The van der Waals surface area contributed by atoms with Gasteiger partial charge in [0.2, 0.25) is 0 Å². The first-order valence-corrected chi connectivity index (χ1v) is 3.17. The van der Waals surface area contributed by atoms with Crippen LogP contribution in [0.4, 0.5) is 4.79 Å². The highest BCUT2D eigenvalue weighted by Crippen LogP contribution is 2.29. The van der Waals surface area contributed by atoms with Crippen molar-refractivity contribution in [1.29, 1.82) is 0 Å². The fourth-order valence-electron chi connectivity index (χ4n) is 1.33. The van der Waals surface area contributed by atoms with E-state index in [9.17, 15) is 4.79 Å². The number of cyclic esters (lactones) is 1. The van der Waals surface area contributed by atoms with E-state index in [4.69, 9.17) is 4.74 Å². The van der Waals surface area contributed by atoms with Crippen molar-refractivity contribution in [2.24, 2.45) is 0 Å².